The number of hydrogen-bond donors (Lipinski definition) is 1. The van der Waals surface area contributed by atoms with Crippen molar-refractivity contribution in [3.05, 3.63) is 11.6 Å². The van der Waals surface area contributed by atoms with Gasteiger partial charge in [0.25, 0.3) is 0 Å². The van der Waals surface area contributed by atoms with Crippen LogP contribution in [0.4, 0.5) is 0 Å². The van der Waals surface area contributed by atoms with E-state index in [4.69, 9.17) is 0 Å². The lowest BCUT2D eigenvalue weighted by molar-refractivity contribution is -0.157. The van der Waals surface area contributed by atoms with Crippen LogP contribution < -0.4 is 5.32 Å². The molecule has 4 nitrogen and oxygen atoms in total. The number of fused-ring (bicyclic) bond motifs is 5. The van der Waals surface area contributed by atoms with E-state index < -0.39 is 0 Å². The smallest absolute Gasteiger partial charge is 0.244 e. The number of rotatable bonds is 2. The van der Waals surface area contributed by atoms with Gasteiger partial charge in [0.15, 0.2) is 0 Å². The van der Waals surface area contributed by atoms with Crippen LogP contribution in [-0.4, -0.2) is 35.8 Å². The Bertz CT molecular complexity index is 697. The number of allylic oxidation sites excluding steroid dienone is 1. The Morgan fingerprint density at radius 3 is 2.46 bits per heavy atom. The van der Waals surface area contributed by atoms with Gasteiger partial charge in [0.2, 0.25) is 11.8 Å². The molecule has 4 fully saturated rings. The first kappa shape index (κ1) is 20.0. The Morgan fingerprint density at radius 1 is 1.04 bits per heavy atom. The number of carbonyl (C=O) groups excluding carboxylic acids is 2. The van der Waals surface area contributed by atoms with Crippen LogP contribution in [0.25, 0.3) is 0 Å². The van der Waals surface area contributed by atoms with Crippen molar-refractivity contribution >= 4 is 11.8 Å². The summed E-state index contributed by atoms with van der Waals surface area (Å²) in [6.07, 6.45) is 10.7. The summed E-state index contributed by atoms with van der Waals surface area (Å²) in [5, 5.41) is 3.36. The Balaban J connectivity index is 1.54. The first-order chi connectivity index (χ1) is 13.2. The molecule has 2 amide bonds. The predicted octanol–water partition coefficient (Wildman–Crippen LogP) is 4.30. The second-order valence-corrected chi connectivity index (χ2v) is 10.9. The van der Waals surface area contributed by atoms with Crippen molar-refractivity contribution in [3.63, 3.8) is 0 Å². The van der Waals surface area contributed by atoms with E-state index in [2.05, 4.69) is 24.1 Å². The monoisotopic (exact) mass is 386 g/mol. The minimum absolute atomic E-state index is 0.0806. The van der Waals surface area contributed by atoms with Gasteiger partial charge in [-0.3, -0.25) is 9.59 Å². The van der Waals surface area contributed by atoms with Crippen LogP contribution in [0.3, 0.4) is 0 Å². The van der Waals surface area contributed by atoms with Crippen molar-refractivity contribution in [2.75, 3.05) is 7.05 Å². The lowest BCUT2D eigenvalue weighted by Gasteiger charge is -2.61. The predicted molar refractivity (Wildman–Crippen MR) is 112 cm³/mol. The highest BCUT2D eigenvalue weighted by Crippen LogP contribution is 2.64. The maximum Gasteiger partial charge on any atom is 0.244 e. The third-order valence-corrected chi connectivity index (χ3v) is 9.29. The molecule has 1 unspecified atom stereocenters. The summed E-state index contributed by atoms with van der Waals surface area (Å²) in [6.45, 7) is 8.88. The molecular formula is C24H38N2O2. The summed E-state index contributed by atoms with van der Waals surface area (Å²) in [4.78, 5) is 26.8. The number of likely N-dealkylation sites (tertiary alicyclic amines) is 1. The molecule has 0 aromatic carbocycles. The summed E-state index contributed by atoms with van der Waals surface area (Å²) >= 11 is 0. The normalized spacial score (nSPS) is 45.0. The molecule has 1 N–H and O–H groups in total. The molecular weight excluding hydrogens is 348 g/mol. The van der Waals surface area contributed by atoms with Crippen molar-refractivity contribution in [1.82, 2.24) is 10.2 Å². The Labute approximate surface area is 170 Å². The van der Waals surface area contributed by atoms with E-state index in [1.165, 1.54) is 25.7 Å². The topological polar surface area (TPSA) is 49.4 Å². The van der Waals surface area contributed by atoms with Gasteiger partial charge in [-0.1, -0.05) is 19.4 Å². The average molecular weight is 387 g/mol. The zero-order valence-electron chi connectivity index (χ0n) is 18.4. The fourth-order valence-corrected chi connectivity index (χ4v) is 7.86. The summed E-state index contributed by atoms with van der Waals surface area (Å²) in [5.74, 6) is 2.62. The summed E-state index contributed by atoms with van der Waals surface area (Å²) < 4.78 is 0. The van der Waals surface area contributed by atoms with Crippen molar-refractivity contribution in [2.24, 2.45) is 28.6 Å². The van der Waals surface area contributed by atoms with Crippen LogP contribution in [0.15, 0.2) is 11.6 Å². The van der Waals surface area contributed by atoms with Crippen LogP contribution in [0.5, 0.6) is 0 Å². The molecule has 0 aromatic rings. The fourth-order valence-electron chi connectivity index (χ4n) is 7.86. The number of carbonyl (C=O) groups is 2. The number of nitrogens with zero attached hydrogens (tertiary/aromatic N) is 1. The first-order valence-corrected chi connectivity index (χ1v) is 11.4. The molecule has 28 heavy (non-hydrogen) atoms. The minimum Gasteiger partial charge on any atom is -0.349 e. The molecule has 1 aliphatic heterocycles. The molecule has 156 valence electrons. The van der Waals surface area contributed by atoms with Gasteiger partial charge in [0.05, 0.1) is 0 Å². The van der Waals surface area contributed by atoms with Gasteiger partial charge in [-0.05, 0) is 87.4 Å². The van der Waals surface area contributed by atoms with Crippen molar-refractivity contribution in [1.29, 1.82) is 0 Å². The summed E-state index contributed by atoms with van der Waals surface area (Å²) in [7, 11) is 2.03. The molecule has 1 saturated heterocycles. The molecule has 3 aliphatic carbocycles. The molecule has 4 aliphatic rings. The molecule has 4 rings (SSSR count). The highest BCUT2D eigenvalue weighted by molar-refractivity contribution is 5.88. The molecule has 3 saturated carbocycles. The minimum atomic E-state index is 0.0806. The van der Waals surface area contributed by atoms with Crippen LogP contribution >= 0.6 is 0 Å². The molecule has 7 atom stereocenters. The second kappa shape index (κ2) is 6.88. The van der Waals surface area contributed by atoms with E-state index in [9.17, 15) is 9.59 Å². The fraction of sp³-hybridized carbons (Fsp3) is 0.833. The number of nitrogens with one attached hydrogen (secondary N) is 1. The van der Waals surface area contributed by atoms with Crippen molar-refractivity contribution < 1.29 is 9.59 Å². The highest BCUT2D eigenvalue weighted by atomic mass is 16.2. The largest absolute Gasteiger partial charge is 0.349 e. The standard InChI is InChI=1S/C24H38N2O2/c1-15(2)14-21(27)25-19-8-7-17-16-6-9-20-24(4,13-11-22(28)26(20)5)18(16)10-12-23(17,19)3/h14,16-20H,6-13H2,1-5H3,(H,25,27)/t16-,17-,18-,19?,20+,23-,24+/m0/s1. The molecule has 0 radical (unpaired) electrons. The molecule has 0 spiro atoms. The van der Waals surface area contributed by atoms with Gasteiger partial charge in [-0.25, -0.2) is 0 Å². The third-order valence-electron chi connectivity index (χ3n) is 9.29. The summed E-state index contributed by atoms with van der Waals surface area (Å²) in [5.41, 5.74) is 1.56. The zero-order valence-corrected chi connectivity index (χ0v) is 18.4. The Hall–Kier alpha value is -1.32. The molecule has 0 aromatic heterocycles. The van der Waals surface area contributed by atoms with Gasteiger partial charge in [0.1, 0.15) is 0 Å². The van der Waals surface area contributed by atoms with Crippen LogP contribution in [0.2, 0.25) is 0 Å². The van der Waals surface area contributed by atoms with Crippen LogP contribution in [-0.2, 0) is 9.59 Å². The SMILES string of the molecule is CC(C)=CC(=O)NC1CC[C@H]2[C@@H]3CC[C@H]4N(C)C(=O)CC[C@]4(C)[C@H]3CC[C@]12C. The second-order valence-electron chi connectivity index (χ2n) is 10.9. The lowest BCUT2D eigenvalue weighted by atomic mass is 9.47. The van der Waals surface area contributed by atoms with Crippen molar-refractivity contribution in [2.45, 2.75) is 91.1 Å². The third kappa shape index (κ3) is 2.93. The van der Waals surface area contributed by atoms with E-state index in [0.29, 0.717) is 23.9 Å². The quantitative estimate of drug-likeness (QED) is 0.719. The van der Waals surface area contributed by atoms with Crippen LogP contribution in [0.1, 0.15) is 79.1 Å². The van der Waals surface area contributed by atoms with Gasteiger partial charge in [0, 0.05) is 31.6 Å². The number of piperidine rings is 1. The van der Waals surface area contributed by atoms with Crippen LogP contribution in [0, 0.1) is 28.6 Å². The van der Waals surface area contributed by atoms with E-state index in [0.717, 1.165) is 43.1 Å². The maximum absolute atomic E-state index is 12.4. The maximum atomic E-state index is 12.4. The van der Waals surface area contributed by atoms with E-state index in [-0.39, 0.29) is 16.7 Å². The number of amides is 2. The van der Waals surface area contributed by atoms with Gasteiger partial charge in [-0.2, -0.15) is 0 Å². The highest BCUT2D eigenvalue weighted by Gasteiger charge is 2.61. The Morgan fingerprint density at radius 2 is 1.75 bits per heavy atom. The van der Waals surface area contributed by atoms with Gasteiger partial charge in [-0.15, -0.1) is 0 Å². The van der Waals surface area contributed by atoms with E-state index >= 15 is 0 Å². The van der Waals surface area contributed by atoms with Gasteiger partial charge < -0.3 is 10.2 Å². The zero-order chi connectivity index (χ0) is 20.3. The molecule has 4 heteroatoms. The summed E-state index contributed by atoms with van der Waals surface area (Å²) in [6, 6.07) is 0.733. The first-order valence-electron chi connectivity index (χ1n) is 11.4. The average Bonchev–Trinajstić information content (AvgIpc) is 2.94. The Kier molecular flexibility index (Phi) is 4.91. The molecule has 0 bridgehead atoms. The van der Waals surface area contributed by atoms with Crippen molar-refractivity contribution in [3.8, 4) is 0 Å². The molecule has 1 heterocycles. The van der Waals surface area contributed by atoms with E-state index in [1.54, 1.807) is 6.08 Å². The van der Waals surface area contributed by atoms with Gasteiger partial charge >= 0.3 is 0 Å². The number of hydrogen-bond acceptors (Lipinski definition) is 2. The lowest BCUT2D eigenvalue weighted by Crippen LogP contribution is -2.62. The van der Waals surface area contributed by atoms with E-state index in [1.807, 2.05) is 20.9 Å².